The topological polar surface area (TPSA) is 9.23 Å². The van der Waals surface area contributed by atoms with Crippen molar-refractivity contribution in [1.29, 1.82) is 0 Å². The summed E-state index contributed by atoms with van der Waals surface area (Å²) < 4.78 is 7.19. The molecule has 1 heteroatoms. The zero-order chi connectivity index (χ0) is 36.8. The third-order valence-corrected chi connectivity index (χ3v) is 13.2. The molecular formula is C51H64O. The molecule has 0 saturated heterocycles. The van der Waals surface area contributed by atoms with Gasteiger partial charge in [0.1, 0.15) is 11.5 Å². The minimum atomic E-state index is -0.143. The Bertz CT molecular complexity index is 1910. The highest BCUT2D eigenvalue weighted by molar-refractivity contribution is 5.85. The van der Waals surface area contributed by atoms with Crippen molar-refractivity contribution in [1.82, 2.24) is 0 Å². The monoisotopic (exact) mass is 692 g/mol. The van der Waals surface area contributed by atoms with E-state index in [0.29, 0.717) is 10.8 Å². The molecule has 0 amide bonds. The minimum absolute atomic E-state index is 0.143. The van der Waals surface area contributed by atoms with Crippen LogP contribution in [0.25, 0.3) is 11.1 Å². The summed E-state index contributed by atoms with van der Waals surface area (Å²) in [6, 6.07) is 14.1. The number of benzene rings is 2. The van der Waals surface area contributed by atoms with Gasteiger partial charge in [-0.15, -0.1) is 5.73 Å². The van der Waals surface area contributed by atoms with E-state index in [4.69, 9.17) is 4.74 Å². The maximum atomic E-state index is 7.19. The summed E-state index contributed by atoms with van der Waals surface area (Å²) in [6.07, 6.45) is 28.4. The molecule has 1 nitrogen and oxygen atoms in total. The van der Waals surface area contributed by atoms with Crippen molar-refractivity contribution in [3.8, 4) is 11.5 Å². The Hall–Kier alpha value is -3.54. The summed E-state index contributed by atoms with van der Waals surface area (Å²) in [4.78, 5) is 0. The van der Waals surface area contributed by atoms with E-state index in [9.17, 15) is 0 Å². The fourth-order valence-corrected chi connectivity index (χ4v) is 11.6. The number of hydrogen-bond acceptors (Lipinski definition) is 1. The lowest BCUT2D eigenvalue weighted by molar-refractivity contribution is 0.123. The van der Waals surface area contributed by atoms with E-state index < -0.39 is 0 Å². The fourth-order valence-electron chi connectivity index (χ4n) is 11.6. The van der Waals surface area contributed by atoms with Gasteiger partial charge in [0.05, 0.1) is 0 Å². The normalized spacial score (nSPS) is 33.9. The second-order valence-electron chi connectivity index (χ2n) is 19.4. The smallest absolute Gasteiger partial charge is 0.135 e. The highest BCUT2D eigenvalue weighted by Crippen LogP contribution is 2.48. The van der Waals surface area contributed by atoms with Crippen LogP contribution >= 0.6 is 0 Å². The Labute approximate surface area is 316 Å². The molecule has 4 aliphatic carbocycles. The molecule has 2 saturated carbocycles. The standard InChI is InChI=1S/C51H64O/c1-34-23-35(2)29-50(8,28-34)32-39-19-21-47-45(26-39)41-13-10-15-42(16-11-14-41)49(6,7)43-17-12-18-44(38(5)25-43)46-27-40(20-22-48(46)52-47)33-51(9)30-36(3)24-37(4)31-51/h10,12-15,17-22,26-27,34-37H,11,16,23-24,28-33H2,1-9H3/b13-10-,41-14-,42-15+. The van der Waals surface area contributed by atoms with Crippen LogP contribution in [0.1, 0.15) is 136 Å². The summed E-state index contributed by atoms with van der Waals surface area (Å²) in [5.74, 6) is 4.98. The number of fused-ring (bicyclic) bond motifs is 3. The van der Waals surface area contributed by atoms with E-state index in [0.717, 1.165) is 60.9 Å². The maximum absolute atomic E-state index is 7.19. The molecule has 52 heavy (non-hydrogen) atoms. The van der Waals surface area contributed by atoms with Crippen LogP contribution in [0.2, 0.25) is 0 Å². The van der Waals surface area contributed by atoms with E-state index >= 15 is 0 Å². The summed E-state index contributed by atoms with van der Waals surface area (Å²) in [5, 5.41) is 0. The van der Waals surface area contributed by atoms with Crippen LogP contribution in [0.3, 0.4) is 0 Å². The second kappa shape index (κ2) is 14.4. The van der Waals surface area contributed by atoms with Crippen LogP contribution < -0.4 is 4.74 Å². The molecule has 4 unspecified atom stereocenters. The van der Waals surface area contributed by atoms with Gasteiger partial charge in [0.2, 0.25) is 0 Å². The zero-order valence-electron chi connectivity index (χ0n) is 33.8. The van der Waals surface area contributed by atoms with Crippen molar-refractivity contribution in [2.75, 3.05) is 0 Å². The second-order valence-corrected chi connectivity index (χ2v) is 19.4. The molecular weight excluding hydrogens is 629 g/mol. The highest BCUT2D eigenvalue weighted by Gasteiger charge is 2.36. The van der Waals surface area contributed by atoms with Crippen LogP contribution in [0.5, 0.6) is 11.5 Å². The number of ether oxygens (including phenoxy) is 1. The maximum Gasteiger partial charge on any atom is 0.135 e. The lowest BCUT2D eigenvalue weighted by Crippen LogP contribution is -2.31. The lowest BCUT2D eigenvalue weighted by Gasteiger charge is -2.40. The van der Waals surface area contributed by atoms with Gasteiger partial charge in [-0.3, -0.25) is 0 Å². The van der Waals surface area contributed by atoms with Gasteiger partial charge in [0.15, 0.2) is 0 Å². The molecule has 0 N–H and O–H groups in total. The lowest BCUT2D eigenvalue weighted by atomic mass is 9.65. The third kappa shape index (κ3) is 7.87. The summed E-state index contributed by atoms with van der Waals surface area (Å²) in [6.45, 7) is 21.8. The summed E-state index contributed by atoms with van der Waals surface area (Å²) >= 11 is 0. The SMILES string of the molecule is CC1=C=C2C=CC=C1c1cc(CC3(C)CC(C)CC(C)C3)ccc1Oc1ccc(CC3(C)CC(C)CC(C)C3)cc1C1=C\CC\C(=C/C=C\1)C2(C)C. The van der Waals surface area contributed by atoms with Crippen molar-refractivity contribution in [3.05, 3.63) is 124 Å². The molecule has 8 rings (SSSR count). The quantitative estimate of drug-likeness (QED) is 0.290. The van der Waals surface area contributed by atoms with Crippen molar-refractivity contribution in [2.45, 2.75) is 127 Å². The largest absolute Gasteiger partial charge is 0.456 e. The van der Waals surface area contributed by atoms with Crippen LogP contribution in [-0.2, 0) is 12.8 Å². The Morgan fingerprint density at radius 2 is 1.23 bits per heavy atom. The van der Waals surface area contributed by atoms with Gasteiger partial charge in [-0.1, -0.05) is 116 Å². The van der Waals surface area contributed by atoms with E-state index in [2.05, 4.69) is 147 Å². The average Bonchev–Trinajstić information content (AvgIpc) is 3.22. The molecule has 2 heterocycles. The van der Waals surface area contributed by atoms with Crippen LogP contribution in [0.4, 0.5) is 0 Å². The molecule has 6 aliphatic rings. The molecule has 2 fully saturated rings. The predicted molar refractivity (Wildman–Crippen MR) is 222 cm³/mol. The van der Waals surface area contributed by atoms with Crippen molar-refractivity contribution < 1.29 is 4.74 Å². The number of hydrogen-bond donors (Lipinski definition) is 0. The van der Waals surface area contributed by atoms with Gasteiger partial charge in [-0.05, 0) is 158 Å². The average molecular weight is 693 g/mol. The first-order valence-electron chi connectivity index (χ1n) is 20.6. The van der Waals surface area contributed by atoms with E-state index in [-0.39, 0.29) is 5.41 Å². The molecule has 2 aromatic carbocycles. The van der Waals surface area contributed by atoms with Crippen LogP contribution in [0.15, 0.2) is 101 Å². The van der Waals surface area contributed by atoms with Crippen molar-refractivity contribution >= 4 is 11.1 Å². The number of allylic oxidation sites excluding steroid dienone is 11. The van der Waals surface area contributed by atoms with Crippen molar-refractivity contribution in [3.63, 3.8) is 0 Å². The Morgan fingerprint density at radius 1 is 0.692 bits per heavy atom. The molecule has 2 aliphatic heterocycles. The fraction of sp³-hybridized carbons (Fsp3) is 0.510. The first-order chi connectivity index (χ1) is 24.7. The Kier molecular flexibility index (Phi) is 10.2. The Balaban J connectivity index is 1.37. The first kappa shape index (κ1) is 36.8. The Morgan fingerprint density at radius 3 is 1.83 bits per heavy atom. The van der Waals surface area contributed by atoms with Gasteiger partial charge < -0.3 is 4.74 Å². The van der Waals surface area contributed by atoms with Gasteiger partial charge in [-0.25, -0.2) is 0 Å². The zero-order valence-corrected chi connectivity index (χ0v) is 33.8. The highest BCUT2D eigenvalue weighted by atomic mass is 16.5. The van der Waals surface area contributed by atoms with E-state index in [1.54, 1.807) is 0 Å². The molecule has 274 valence electrons. The minimum Gasteiger partial charge on any atom is -0.456 e. The molecule has 4 atom stereocenters. The van der Waals surface area contributed by atoms with E-state index in [1.165, 1.54) is 88.6 Å². The third-order valence-electron chi connectivity index (χ3n) is 13.2. The van der Waals surface area contributed by atoms with E-state index in [1.807, 2.05) is 0 Å². The first-order valence-corrected chi connectivity index (χ1v) is 20.6. The summed E-state index contributed by atoms with van der Waals surface area (Å²) in [7, 11) is 0. The van der Waals surface area contributed by atoms with Gasteiger partial charge in [0.25, 0.3) is 0 Å². The van der Waals surface area contributed by atoms with Crippen LogP contribution in [0, 0.1) is 39.9 Å². The van der Waals surface area contributed by atoms with Crippen molar-refractivity contribution in [2.24, 2.45) is 39.9 Å². The molecule has 4 bridgehead atoms. The number of rotatable bonds is 4. The molecule has 0 aromatic heterocycles. The summed E-state index contributed by atoms with van der Waals surface area (Å²) in [5.41, 5.74) is 15.9. The molecule has 0 radical (unpaired) electrons. The van der Waals surface area contributed by atoms with Gasteiger partial charge in [-0.2, -0.15) is 0 Å². The molecule has 2 aromatic rings. The van der Waals surface area contributed by atoms with Crippen LogP contribution in [-0.4, -0.2) is 0 Å². The molecule has 0 spiro atoms. The van der Waals surface area contributed by atoms with Gasteiger partial charge in [0, 0.05) is 22.1 Å². The van der Waals surface area contributed by atoms with Gasteiger partial charge >= 0.3 is 0 Å². The predicted octanol–water partition coefficient (Wildman–Crippen LogP) is 14.6.